The number of hydrogen-bond acceptors (Lipinski definition) is 5. The van der Waals surface area contributed by atoms with Crippen molar-refractivity contribution in [3.05, 3.63) is 26.9 Å². The normalized spacial score (nSPS) is 21.6. The van der Waals surface area contributed by atoms with Gasteiger partial charge in [-0.25, -0.2) is 4.98 Å². The zero-order valence-electron chi connectivity index (χ0n) is 12.7. The molecule has 1 saturated carbocycles. The van der Waals surface area contributed by atoms with Crippen LogP contribution < -0.4 is 5.32 Å². The number of carbonyl (C=O) groups excluding carboxylic acids is 1. The summed E-state index contributed by atoms with van der Waals surface area (Å²) in [5.41, 5.74) is -0.0556. The number of carbonyl (C=O) groups is 1. The highest BCUT2D eigenvalue weighted by atomic mass is 79.9. The third kappa shape index (κ3) is 3.63. The van der Waals surface area contributed by atoms with Gasteiger partial charge in [0.15, 0.2) is 0 Å². The Kier molecular flexibility index (Phi) is 4.79. The van der Waals surface area contributed by atoms with Crippen molar-refractivity contribution in [2.24, 2.45) is 5.92 Å². The topological polar surface area (TPSA) is 88.4 Å². The molecule has 2 heterocycles. The zero-order valence-corrected chi connectivity index (χ0v) is 14.3. The van der Waals surface area contributed by atoms with E-state index in [0.717, 1.165) is 32.1 Å². The second-order valence-electron chi connectivity index (χ2n) is 6.17. The number of halogens is 1. The first kappa shape index (κ1) is 16.2. The second-order valence-corrected chi connectivity index (χ2v) is 7.09. The molecule has 1 aliphatic heterocycles. The molecule has 1 amide bonds. The first-order chi connectivity index (χ1) is 11.0. The molecule has 8 heteroatoms. The molecule has 2 fully saturated rings. The molecular weight excluding hydrogens is 364 g/mol. The molecule has 23 heavy (non-hydrogen) atoms. The van der Waals surface area contributed by atoms with Crippen molar-refractivity contribution in [3.63, 3.8) is 0 Å². The summed E-state index contributed by atoms with van der Waals surface area (Å²) in [6.07, 6.45) is 6.58. The molecule has 2 aliphatic rings. The average Bonchev–Trinajstić information content (AvgIpc) is 3.19. The van der Waals surface area contributed by atoms with Crippen LogP contribution in [0.4, 0.5) is 11.5 Å². The SMILES string of the molecule is O=C(C1CCCC1)N1CCC(Nc2ncc(Br)cc2[N+](=O)[O-])C1. The molecule has 1 N–H and O–H groups in total. The Labute approximate surface area is 142 Å². The fourth-order valence-corrected chi connectivity index (χ4v) is 3.70. The highest BCUT2D eigenvalue weighted by Crippen LogP contribution is 2.30. The number of likely N-dealkylation sites (tertiary alicyclic amines) is 1. The van der Waals surface area contributed by atoms with E-state index in [4.69, 9.17) is 0 Å². The Balaban J connectivity index is 1.64. The summed E-state index contributed by atoms with van der Waals surface area (Å²) >= 11 is 3.20. The maximum atomic E-state index is 12.4. The van der Waals surface area contributed by atoms with Crippen molar-refractivity contribution in [3.8, 4) is 0 Å². The molecule has 3 rings (SSSR count). The van der Waals surface area contributed by atoms with Gasteiger partial charge in [0.05, 0.1) is 4.92 Å². The first-order valence-corrected chi connectivity index (χ1v) is 8.69. The van der Waals surface area contributed by atoms with Gasteiger partial charge in [0, 0.05) is 41.8 Å². The predicted molar refractivity (Wildman–Crippen MR) is 89.2 cm³/mol. The van der Waals surface area contributed by atoms with Gasteiger partial charge in [-0.15, -0.1) is 0 Å². The van der Waals surface area contributed by atoms with Gasteiger partial charge in [-0.05, 0) is 35.2 Å². The lowest BCUT2D eigenvalue weighted by molar-refractivity contribution is -0.384. The van der Waals surface area contributed by atoms with E-state index in [0.29, 0.717) is 17.6 Å². The second kappa shape index (κ2) is 6.82. The number of pyridine rings is 1. The third-order valence-electron chi connectivity index (χ3n) is 4.58. The molecule has 1 atom stereocenters. The molecule has 1 aromatic rings. The van der Waals surface area contributed by atoms with Crippen LogP contribution in [0.25, 0.3) is 0 Å². The number of nitro groups is 1. The van der Waals surface area contributed by atoms with Crippen molar-refractivity contribution < 1.29 is 9.72 Å². The van der Waals surface area contributed by atoms with Crippen LogP contribution in [0.2, 0.25) is 0 Å². The largest absolute Gasteiger partial charge is 0.360 e. The van der Waals surface area contributed by atoms with Crippen LogP contribution in [0.1, 0.15) is 32.1 Å². The van der Waals surface area contributed by atoms with Crippen molar-refractivity contribution in [1.82, 2.24) is 9.88 Å². The zero-order chi connectivity index (χ0) is 16.4. The first-order valence-electron chi connectivity index (χ1n) is 7.90. The van der Waals surface area contributed by atoms with Gasteiger partial charge in [-0.3, -0.25) is 14.9 Å². The maximum Gasteiger partial charge on any atom is 0.312 e. The monoisotopic (exact) mass is 382 g/mol. The minimum atomic E-state index is -0.448. The van der Waals surface area contributed by atoms with Crippen molar-refractivity contribution in [2.45, 2.75) is 38.1 Å². The number of nitrogens with one attached hydrogen (secondary N) is 1. The van der Waals surface area contributed by atoms with E-state index in [1.807, 2.05) is 4.90 Å². The summed E-state index contributed by atoms with van der Waals surface area (Å²) in [5.74, 6) is 0.678. The van der Waals surface area contributed by atoms with Gasteiger partial charge in [0.1, 0.15) is 0 Å². The fourth-order valence-electron chi connectivity index (χ4n) is 3.38. The molecule has 1 saturated heterocycles. The number of amides is 1. The van der Waals surface area contributed by atoms with Gasteiger partial charge in [0.25, 0.3) is 0 Å². The molecule has 0 bridgehead atoms. The van der Waals surface area contributed by atoms with Crippen LogP contribution >= 0.6 is 15.9 Å². The van der Waals surface area contributed by atoms with E-state index in [1.54, 1.807) is 0 Å². The molecule has 7 nitrogen and oxygen atoms in total. The lowest BCUT2D eigenvalue weighted by atomic mass is 10.1. The molecule has 0 radical (unpaired) electrons. The van der Waals surface area contributed by atoms with Gasteiger partial charge < -0.3 is 10.2 Å². The Morgan fingerprint density at radius 3 is 2.83 bits per heavy atom. The Bertz CT molecular complexity index is 619. The van der Waals surface area contributed by atoms with Crippen molar-refractivity contribution in [1.29, 1.82) is 0 Å². The molecule has 1 aliphatic carbocycles. The summed E-state index contributed by atoms with van der Waals surface area (Å²) in [6, 6.07) is 1.44. The van der Waals surface area contributed by atoms with E-state index >= 15 is 0 Å². The van der Waals surface area contributed by atoms with Crippen LogP contribution in [0.15, 0.2) is 16.7 Å². The van der Waals surface area contributed by atoms with Crippen LogP contribution in [0.5, 0.6) is 0 Å². The summed E-state index contributed by atoms with van der Waals surface area (Å²) in [7, 11) is 0. The lowest BCUT2D eigenvalue weighted by Crippen LogP contribution is -2.35. The highest BCUT2D eigenvalue weighted by molar-refractivity contribution is 9.10. The summed E-state index contributed by atoms with van der Waals surface area (Å²) in [6.45, 7) is 1.29. The van der Waals surface area contributed by atoms with Crippen LogP contribution in [-0.4, -0.2) is 39.8 Å². The van der Waals surface area contributed by atoms with Crippen molar-refractivity contribution >= 4 is 33.3 Å². The summed E-state index contributed by atoms with van der Waals surface area (Å²) in [4.78, 5) is 29.1. The molecule has 124 valence electrons. The van der Waals surface area contributed by atoms with Gasteiger partial charge in [-0.2, -0.15) is 0 Å². The number of hydrogen-bond donors (Lipinski definition) is 1. The van der Waals surface area contributed by atoms with E-state index in [9.17, 15) is 14.9 Å². The Morgan fingerprint density at radius 1 is 1.39 bits per heavy atom. The van der Waals surface area contributed by atoms with Crippen molar-refractivity contribution in [2.75, 3.05) is 18.4 Å². The standard InChI is InChI=1S/C15H19BrN4O3/c16-11-7-13(20(22)23)14(17-8-11)18-12-5-6-19(9-12)15(21)10-3-1-2-4-10/h7-8,10,12H,1-6,9H2,(H,17,18). The third-order valence-corrected chi connectivity index (χ3v) is 5.01. The number of rotatable bonds is 4. The average molecular weight is 383 g/mol. The maximum absolute atomic E-state index is 12.4. The minimum absolute atomic E-state index is 0.00716. The van der Waals surface area contributed by atoms with Gasteiger partial charge in [-0.1, -0.05) is 12.8 Å². The lowest BCUT2D eigenvalue weighted by Gasteiger charge is -2.20. The number of aromatic nitrogens is 1. The molecular formula is C15H19BrN4O3. The van der Waals surface area contributed by atoms with E-state index < -0.39 is 4.92 Å². The van der Waals surface area contributed by atoms with Gasteiger partial charge >= 0.3 is 5.69 Å². The van der Waals surface area contributed by atoms with Crippen LogP contribution in [-0.2, 0) is 4.79 Å². The Morgan fingerprint density at radius 2 is 2.13 bits per heavy atom. The smallest absolute Gasteiger partial charge is 0.312 e. The number of nitrogens with zero attached hydrogens (tertiary/aromatic N) is 3. The van der Waals surface area contributed by atoms with E-state index in [-0.39, 0.29) is 29.4 Å². The van der Waals surface area contributed by atoms with Crippen LogP contribution in [0, 0.1) is 16.0 Å². The molecule has 1 unspecified atom stereocenters. The minimum Gasteiger partial charge on any atom is -0.360 e. The fraction of sp³-hybridized carbons (Fsp3) is 0.600. The van der Waals surface area contributed by atoms with E-state index in [1.165, 1.54) is 12.3 Å². The molecule has 1 aromatic heterocycles. The number of anilines is 1. The quantitative estimate of drug-likeness (QED) is 0.638. The predicted octanol–water partition coefficient (Wildman–Crippen LogP) is 2.96. The Hall–Kier alpha value is -1.70. The highest BCUT2D eigenvalue weighted by Gasteiger charge is 2.33. The van der Waals surface area contributed by atoms with E-state index in [2.05, 4.69) is 26.2 Å². The molecule has 0 spiro atoms. The van der Waals surface area contributed by atoms with Crippen LogP contribution in [0.3, 0.4) is 0 Å². The van der Waals surface area contributed by atoms with Gasteiger partial charge in [0.2, 0.25) is 11.7 Å². The molecule has 0 aromatic carbocycles. The summed E-state index contributed by atoms with van der Waals surface area (Å²) in [5, 5.41) is 14.3. The summed E-state index contributed by atoms with van der Waals surface area (Å²) < 4.78 is 0.569.